The van der Waals surface area contributed by atoms with E-state index in [4.69, 9.17) is 5.73 Å². The fourth-order valence-corrected chi connectivity index (χ4v) is 1.94. The zero-order valence-corrected chi connectivity index (χ0v) is 11.3. The van der Waals surface area contributed by atoms with Crippen LogP contribution >= 0.6 is 0 Å². The lowest BCUT2D eigenvalue weighted by Gasteiger charge is -2.18. The lowest BCUT2D eigenvalue weighted by atomic mass is 10.1. The molecule has 1 heterocycles. The van der Waals surface area contributed by atoms with E-state index in [2.05, 4.69) is 5.32 Å². The van der Waals surface area contributed by atoms with Crippen molar-refractivity contribution in [1.82, 2.24) is 9.88 Å². The Hall–Kier alpha value is -1.88. The SMILES string of the molecule is Cn1c(C(=O)NCC(C)(C)N)cc2c(F)cccc21. The normalized spacial score (nSPS) is 11.8. The number of hydrogen-bond donors (Lipinski definition) is 2. The van der Waals surface area contributed by atoms with Crippen LogP contribution in [0, 0.1) is 5.82 Å². The van der Waals surface area contributed by atoms with Crippen molar-refractivity contribution in [3.8, 4) is 0 Å². The van der Waals surface area contributed by atoms with Gasteiger partial charge in [-0.25, -0.2) is 4.39 Å². The quantitative estimate of drug-likeness (QED) is 0.887. The van der Waals surface area contributed by atoms with Crippen molar-refractivity contribution in [3.63, 3.8) is 0 Å². The molecule has 1 aromatic heterocycles. The lowest BCUT2D eigenvalue weighted by Crippen LogP contribution is -2.45. The fourth-order valence-electron chi connectivity index (χ4n) is 1.94. The van der Waals surface area contributed by atoms with Gasteiger partial charge in [-0.15, -0.1) is 0 Å². The summed E-state index contributed by atoms with van der Waals surface area (Å²) in [6.45, 7) is 4.01. The molecule has 3 N–H and O–H groups in total. The van der Waals surface area contributed by atoms with Gasteiger partial charge in [0.1, 0.15) is 11.5 Å². The first kappa shape index (κ1) is 13.5. The summed E-state index contributed by atoms with van der Waals surface area (Å²) in [5.74, 6) is -0.581. The lowest BCUT2D eigenvalue weighted by molar-refractivity contribution is 0.0938. The second kappa shape index (κ2) is 4.66. The van der Waals surface area contributed by atoms with E-state index < -0.39 is 5.54 Å². The number of nitrogens with two attached hydrogens (primary N) is 1. The number of rotatable bonds is 3. The number of amides is 1. The minimum Gasteiger partial charge on any atom is -0.349 e. The summed E-state index contributed by atoms with van der Waals surface area (Å²) >= 11 is 0. The van der Waals surface area contributed by atoms with E-state index in [1.807, 2.05) is 13.8 Å². The summed E-state index contributed by atoms with van der Waals surface area (Å²) in [6, 6.07) is 6.35. The van der Waals surface area contributed by atoms with Crippen LogP contribution in [0.4, 0.5) is 4.39 Å². The third-order valence-electron chi connectivity index (χ3n) is 2.97. The molecule has 0 saturated carbocycles. The first-order valence-electron chi connectivity index (χ1n) is 6.10. The molecular weight excluding hydrogens is 245 g/mol. The van der Waals surface area contributed by atoms with Crippen LogP contribution in [0.5, 0.6) is 0 Å². The van der Waals surface area contributed by atoms with Crippen LogP contribution in [0.3, 0.4) is 0 Å². The molecule has 0 atom stereocenters. The Morgan fingerprint density at radius 3 is 2.74 bits per heavy atom. The molecule has 19 heavy (non-hydrogen) atoms. The van der Waals surface area contributed by atoms with Gasteiger partial charge >= 0.3 is 0 Å². The number of carbonyl (C=O) groups excluding carboxylic acids is 1. The van der Waals surface area contributed by atoms with Crippen LogP contribution in [-0.2, 0) is 7.05 Å². The largest absolute Gasteiger partial charge is 0.349 e. The number of nitrogens with zero attached hydrogens (tertiary/aromatic N) is 1. The number of aryl methyl sites for hydroxylation is 1. The van der Waals surface area contributed by atoms with Gasteiger partial charge < -0.3 is 15.6 Å². The van der Waals surface area contributed by atoms with Crippen molar-refractivity contribution in [1.29, 1.82) is 0 Å². The smallest absolute Gasteiger partial charge is 0.267 e. The molecule has 2 rings (SSSR count). The maximum Gasteiger partial charge on any atom is 0.267 e. The van der Waals surface area contributed by atoms with Gasteiger partial charge in [-0.3, -0.25) is 4.79 Å². The van der Waals surface area contributed by atoms with Crippen molar-refractivity contribution >= 4 is 16.8 Å². The van der Waals surface area contributed by atoms with E-state index in [-0.39, 0.29) is 11.7 Å². The van der Waals surface area contributed by atoms with Gasteiger partial charge in [0.15, 0.2) is 0 Å². The Bertz CT molecular complexity index is 625. The van der Waals surface area contributed by atoms with Crippen molar-refractivity contribution < 1.29 is 9.18 Å². The molecule has 5 heteroatoms. The van der Waals surface area contributed by atoms with Crippen LogP contribution in [0.15, 0.2) is 24.3 Å². The van der Waals surface area contributed by atoms with Crippen molar-refractivity contribution in [2.45, 2.75) is 19.4 Å². The minimum absolute atomic E-state index is 0.253. The number of aromatic nitrogens is 1. The molecule has 1 aromatic carbocycles. The van der Waals surface area contributed by atoms with E-state index in [1.165, 1.54) is 6.07 Å². The second-order valence-electron chi connectivity index (χ2n) is 5.43. The van der Waals surface area contributed by atoms with Crippen molar-refractivity contribution in [2.75, 3.05) is 6.54 Å². The molecular formula is C14H18FN3O. The molecule has 0 aliphatic carbocycles. The van der Waals surface area contributed by atoms with Crippen molar-refractivity contribution in [3.05, 3.63) is 35.8 Å². The van der Waals surface area contributed by atoms with Gasteiger partial charge in [0.05, 0.1) is 5.52 Å². The summed E-state index contributed by atoms with van der Waals surface area (Å²) in [7, 11) is 1.74. The number of hydrogen-bond acceptors (Lipinski definition) is 2. The molecule has 0 fully saturated rings. The maximum absolute atomic E-state index is 13.7. The minimum atomic E-state index is -0.481. The molecule has 2 aromatic rings. The van der Waals surface area contributed by atoms with Gasteiger partial charge in [0, 0.05) is 24.5 Å². The van der Waals surface area contributed by atoms with E-state index in [1.54, 1.807) is 29.8 Å². The maximum atomic E-state index is 13.7. The Labute approximate surface area is 111 Å². The highest BCUT2D eigenvalue weighted by Gasteiger charge is 2.17. The highest BCUT2D eigenvalue weighted by atomic mass is 19.1. The zero-order valence-electron chi connectivity index (χ0n) is 11.3. The number of nitrogens with one attached hydrogen (secondary N) is 1. The molecule has 0 radical (unpaired) electrons. The standard InChI is InChI=1S/C14H18FN3O/c1-14(2,16)8-17-13(19)12-7-9-10(15)5-4-6-11(9)18(12)3/h4-7H,8,16H2,1-3H3,(H,17,19). The van der Waals surface area contributed by atoms with E-state index in [9.17, 15) is 9.18 Å². The summed E-state index contributed by atoms with van der Waals surface area (Å²) in [5.41, 5.74) is 6.45. The van der Waals surface area contributed by atoms with Gasteiger partial charge in [-0.05, 0) is 32.0 Å². The van der Waals surface area contributed by atoms with E-state index >= 15 is 0 Å². The average Bonchev–Trinajstić information content (AvgIpc) is 2.65. The van der Waals surface area contributed by atoms with Crippen LogP contribution in [-0.4, -0.2) is 22.6 Å². The zero-order chi connectivity index (χ0) is 14.2. The summed E-state index contributed by atoms with van der Waals surface area (Å²) in [6.07, 6.45) is 0. The van der Waals surface area contributed by atoms with Gasteiger partial charge in [0.2, 0.25) is 0 Å². The molecule has 0 unspecified atom stereocenters. The Morgan fingerprint density at radius 2 is 2.16 bits per heavy atom. The molecule has 0 aliphatic heterocycles. The fraction of sp³-hybridized carbons (Fsp3) is 0.357. The van der Waals surface area contributed by atoms with E-state index in [0.717, 1.165) is 0 Å². The first-order valence-corrected chi connectivity index (χ1v) is 6.10. The number of fused-ring (bicyclic) bond motifs is 1. The van der Waals surface area contributed by atoms with E-state index in [0.29, 0.717) is 23.1 Å². The third kappa shape index (κ3) is 2.76. The summed E-state index contributed by atoms with van der Waals surface area (Å²) in [4.78, 5) is 12.1. The summed E-state index contributed by atoms with van der Waals surface area (Å²) in [5, 5.41) is 3.20. The summed E-state index contributed by atoms with van der Waals surface area (Å²) < 4.78 is 15.3. The Balaban J connectivity index is 2.33. The van der Waals surface area contributed by atoms with Gasteiger partial charge in [0.25, 0.3) is 5.91 Å². The van der Waals surface area contributed by atoms with Crippen LogP contribution in [0.1, 0.15) is 24.3 Å². The Kier molecular flexibility index (Phi) is 3.32. The van der Waals surface area contributed by atoms with Crippen LogP contribution < -0.4 is 11.1 Å². The van der Waals surface area contributed by atoms with Crippen LogP contribution in [0.2, 0.25) is 0 Å². The molecule has 0 aliphatic rings. The molecule has 0 spiro atoms. The predicted octanol–water partition coefficient (Wildman–Crippen LogP) is 1.78. The molecule has 102 valence electrons. The van der Waals surface area contributed by atoms with Crippen LogP contribution in [0.25, 0.3) is 10.9 Å². The predicted molar refractivity (Wildman–Crippen MR) is 73.5 cm³/mol. The number of halogens is 1. The molecule has 1 amide bonds. The number of benzene rings is 1. The Morgan fingerprint density at radius 1 is 1.47 bits per heavy atom. The first-order chi connectivity index (χ1) is 8.79. The van der Waals surface area contributed by atoms with Crippen molar-refractivity contribution in [2.24, 2.45) is 12.8 Å². The molecule has 0 bridgehead atoms. The van der Waals surface area contributed by atoms with Gasteiger partial charge in [-0.2, -0.15) is 0 Å². The number of carbonyl (C=O) groups is 1. The topological polar surface area (TPSA) is 60.0 Å². The third-order valence-corrected chi connectivity index (χ3v) is 2.97. The average molecular weight is 263 g/mol. The highest BCUT2D eigenvalue weighted by Crippen LogP contribution is 2.21. The molecule has 0 saturated heterocycles. The van der Waals surface area contributed by atoms with Gasteiger partial charge in [-0.1, -0.05) is 6.07 Å². The monoisotopic (exact) mass is 263 g/mol. The second-order valence-corrected chi connectivity index (χ2v) is 5.43. The highest BCUT2D eigenvalue weighted by molar-refractivity contribution is 5.98. The molecule has 4 nitrogen and oxygen atoms in total.